The van der Waals surface area contributed by atoms with Crippen LogP contribution in [0.4, 0.5) is 13.2 Å². The minimum atomic E-state index is -4.57. The lowest BCUT2D eigenvalue weighted by Crippen LogP contribution is -2.32. The van der Waals surface area contributed by atoms with Crippen molar-refractivity contribution >= 4 is 17.5 Å². The van der Waals surface area contributed by atoms with E-state index in [0.29, 0.717) is 41.3 Å². The molecule has 11 heteroatoms. The van der Waals surface area contributed by atoms with Gasteiger partial charge in [-0.05, 0) is 37.1 Å². The molecule has 1 unspecified atom stereocenters. The maximum absolute atomic E-state index is 13.1. The predicted molar refractivity (Wildman–Crippen MR) is 123 cm³/mol. The number of benzene rings is 1. The quantitative estimate of drug-likeness (QED) is 0.434. The SMILES string of the molecule is O=C(c1ccoc1)N1CCOc2c(cc(-c3ncc(C(F)(F)F)cc3Cl)cc2OCC2CCCO2)C1. The highest BCUT2D eigenvalue weighted by Crippen LogP contribution is 2.41. The number of halogens is 4. The molecular formula is C25H22ClF3N2O5. The summed E-state index contributed by atoms with van der Waals surface area (Å²) in [5.41, 5.74) is 0.669. The molecule has 1 amide bonds. The number of rotatable bonds is 5. The van der Waals surface area contributed by atoms with E-state index in [2.05, 4.69) is 4.98 Å². The van der Waals surface area contributed by atoms with Crippen LogP contribution in [0.3, 0.4) is 0 Å². The number of aromatic nitrogens is 1. The van der Waals surface area contributed by atoms with E-state index < -0.39 is 11.7 Å². The fraction of sp³-hybridized carbons (Fsp3) is 0.360. The monoisotopic (exact) mass is 522 g/mol. The van der Waals surface area contributed by atoms with Crippen molar-refractivity contribution in [3.63, 3.8) is 0 Å². The van der Waals surface area contributed by atoms with Crippen molar-refractivity contribution in [2.45, 2.75) is 31.7 Å². The fourth-order valence-electron chi connectivity index (χ4n) is 4.23. The first-order valence-electron chi connectivity index (χ1n) is 11.4. The first-order chi connectivity index (χ1) is 17.3. The molecule has 7 nitrogen and oxygen atoms in total. The number of ether oxygens (including phenoxy) is 3. The van der Waals surface area contributed by atoms with E-state index in [1.165, 1.54) is 12.5 Å². The highest BCUT2D eigenvalue weighted by atomic mass is 35.5. The van der Waals surface area contributed by atoms with Crippen LogP contribution in [0.2, 0.25) is 5.02 Å². The Morgan fingerprint density at radius 3 is 2.81 bits per heavy atom. The van der Waals surface area contributed by atoms with Crippen molar-refractivity contribution in [1.82, 2.24) is 9.88 Å². The summed E-state index contributed by atoms with van der Waals surface area (Å²) in [5, 5.41) is -0.157. The second-order valence-corrected chi connectivity index (χ2v) is 8.96. The fourth-order valence-corrected chi connectivity index (χ4v) is 4.51. The van der Waals surface area contributed by atoms with Crippen LogP contribution in [0.15, 0.2) is 47.4 Å². The first-order valence-corrected chi connectivity index (χ1v) is 11.8. The molecule has 0 spiro atoms. The smallest absolute Gasteiger partial charge is 0.417 e. The summed E-state index contributed by atoms with van der Waals surface area (Å²) in [5.74, 6) is 0.605. The van der Waals surface area contributed by atoms with Crippen LogP contribution in [0.25, 0.3) is 11.3 Å². The zero-order valence-electron chi connectivity index (χ0n) is 19.0. The summed E-state index contributed by atoms with van der Waals surface area (Å²) in [4.78, 5) is 18.6. The Balaban J connectivity index is 1.52. The van der Waals surface area contributed by atoms with E-state index in [1.807, 2.05) is 0 Å². The lowest BCUT2D eigenvalue weighted by atomic mass is 10.0. The summed E-state index contributed by atoms with van der Waals surface area (Å²) in [6, 6.07) is 5.76. The number of alkyl halides is 3. The van der Waals surface area contributed by atoms with Crippen molar-refractivity contribution in [3.05, 3.63) is 64.7 Å². The van der Waals surface area contributed by atoms with E-state index in [-0.39, 0.29) is 42.5 Å². The van der Waals surface area contributed by atoms with E-state index in [4.69, 9.17) is 30.2 Å². The zero-order chi connectivity index (χ0) is 25.3. The van der Waals surface area contributed by atoms with Crippen molar-refractivity contribution in [2.24, 2.45) is 0 Å². The lowest BCUT2D eigenvalue weighted by Gasteiger charge is -2.20. The number of pyridine rings is 1. The largest absolute Gasteiger partial charge is 0.487 e. The van der Waals surface area contributed by atoms with Gasteiger partial charge in [-0.15, -0.1) is 0 Å². The Bertz CT molecular complexity index is 1240. The molecule has 4 heterocycles. The van der Waals surface area contributed by atoms with E-state index in [1.54, 1.807) is 23.1 Å². The van der Waals surface area contributed by atoms with Crippen molar-refractivity contribution in [1.29, 1.82) is 0 Å². The van der Waals surface area contributed by atoms with Gasteiger partial charge in [-0.2, -0.15) is 13.2 Å². The molecule has 0 radical (unpaired) electrons. The Morgan fingerprint density at radius 1 is 1.25 bits per heavy atom. The van der Waals surface area contributed by atoms with Crippen molar-refractivity contribution < 1.29 is 36.6 Å². The molecule has 2 aliphatic heterocycles. The molecule has 1 atom stereocenters. The Hall–Kier alpha value is -3.24. The number of carbonyl (C=O) groups excluding carboxylic acids is 1. The highest BCUT2D eigenvalue weighted by molar-refractivity contribution is 6.33. The maximum atomic E-state index is 13.1. The molecule has 0 aliphatic carbocycles. The maximum Gasteiger partial charge on any atom is 0.417 e. The lowest BCUT2D eigenvalue weighted by molar-refractivity contribution is -0.137. The number of fused-ring (bicyclic) bond motifs is 1. The van der Waals surface area contributed by atoms with Crippen molar-refractivity contribution in [3.8, 4) is 22.8 Å². The summed E-state index contributed by atoms with van der Waals surface area (Å²) in [6.45, 7) is 1.68. The molecule has 1 aromatic carbocycles. The standard InChI is InChI=1S/C25H22ClF3N2O5/c26-20-10-18(25(27,28)29)11-30-22(20)16-8-17-12-31(24(32)15-3-6-33-13-15)4-7-35-23(17)21(9-16)36-14-19-2-1-5-34-19/h3,6,8-11,13,19H,1-2,4-5,7,12,14H2. The predicted octanol–water partition coefficient (Wildman–Crippen LogP) is 5.61. The van der Waals surface area contributed by atoms with Gasteiger partial charge in [0.15, 0.2) is 11.5 Å². The normalized spacial score (nSPS) is 17.9. The highest BCUT2D eigenvalue weighted by Gasteiger charge is 2.32. The van der Waals surface area contributed by atoms with Gasteiger partial charge in [-0.25, -0.2) is 0 Å². The van der Waals surface area contributed by atoms with Crippen molar-refractivity contribution in [2.75, 3.05) is 26.4 Å². The average Bonchev–Trinajstić information content (AvgIpc) is 3.53. The molecule has 0 saturated carbocycles. The summed E-state index contributed by atoms with van der Waals surface area (Å²) in [7, 11) is 0. The second-order valence-electron chi connectivity index (χ2n) is 8.55. The number of amides is 1. The molecule has 36 heavy (non-hydrogen) atoms. The average molecular weight is 523 g/mol. The number of hydrogen-bond acceptors (Lipinski definition) is 6. The van der Waals surface area contributed by atoms with E-state index in [9.17, 15) is 18.0 Å². The molecule has 190 valence electrons. The van der Waals surface area contributed by atoms with Crippen LogP contribution in [-0.4, -0.2) is 48.3 Å². The minimum absolute atomic E-state index is 0.0676. The van der Waals surface area contributed by atoms with Gasteiger partial charge in [0.25, 0.3) is 5.91 Å². The number of carbonyl (C=O) groups is 1. The second kappa shape index (κ2) is 10.0. The topological polar surface area (TPSA) is 74.0 Å². The third-order valence-corrected chi connectivity index (χ3v) is 6.33. The number of nitrogens with zero attached hydrogens (tertiary/aromatic N) is 2. The Labute approximate surface area is 209 Å². The van der Waals surface area contributed by atoms with Gasteiger partial charge in [-0.1, -0.05) is 11.6 Å². The van der Waals surface area contributed by atoms with Crippen LogP contribution in [-0.2, 0) is 17.5 Å². The summed E-state index contributed by atoms with van der Waals surface area (Å²) >= 11 is 6.24. The van der Waals surface area contributed by atoms with Gasteiger partial charge in [0, 0.05) is 30.5 Å². The van der Waals surface area contributed by atoms with Gasteiger partial charge >= 0.3 is 6.18 Å². The van der Waals surface area contributed by atoms with Gasteiger partial charge in [0.2, 0.25) is 0 Å². The van der Waals surface area contributed by atoms with E-state index >= 15 is 0 Å². The molecule has 3 aromatic rings. The van der Waals surface area contributed by atoms with Crippen LogP contribution in [0.5, 0.6) is 11.5 Å². The van der Waals surface area contributed by atoms with Gasteiger partial charge in [0.05, 0.1) is 40.8 Å². The number of furan rings is 1. The minimum Gasteiger partial charge on any atom is -0.487 e. The Kier molecular flexibility index (Phi) is 6.81. The molecule has 1 fully saturated rings. The molecule has 0 bridgehead atoms. The molecule has 2 aromatic heterocycles. The molecular weight excluding hydrogens is 501 g/mol. The number of hydrogen-bond donors (Lipinski definition) is 0. The zero-order valence-corrected chi connectivity index (χ0v) is 19.8. The van der Waals surface area contributed by atoms with Crippen LogP contribution in [0.1, 0.15) is 34.3 Å². The van der Waals surface area contributed by atoms with Gasteiger partial charge in [-0.3, -0.25) is 9.78 Å². The van der Waals surface area contributed by atoms with Gasteiger partial charge < -0.3 is 23.5 Å². The van der Waals surface area contributed by atoms with E-state index in [0.717, 1.165) is 25.1 Å². The third kappa shape index (κ3) is 5.15. The van der Waals surface area contributed by atoms with Crippen LogP contribution in [0, 0.1) is 0 Å². The molecule has 2 aliphatic rings. The summed E-state index contributed by atoms with van der Waals surface area (Å²) < 4.78 is 62.1. The molecule has 1 saturated heterocycles. The first kappa shape index (κ1) is 24.5. The summed E-state index contributed by atoms with van der Waals surface area (Å²) in [6.07, 6.45) is 0.699. The van der Waals surface area contributed by atoms with Crippen LogP contribution < -0.4 is 9.47 Å². The third-order valence-electron chi connectivity index (χ3n) is 6.05. The molecule has 5 rings (SSSR count). The van der Waals surface area contributed by atoms with Gasteiger partial charge in [0.1, 0.15) is 19.5 Å². The molecule has 0 N–H and O–H groups in total. The Morgan fingerprint density at radius 2 is 2.11 bits per heavy atom. The van der Waals surface area contributed by atoms with Crippen LogP contribution >= 0.6 is 11.6 Å².